The summed E-state index contributed by atoms with van der Waals surface area (Å²) >= 11 is 0. The molecule has 0 bridgehead atoms. The summed E-state index contributed by atoms with van der Waals surface area (Å²) in [4.78, 5) is 10.9. The molecule has 2 atom stereocenters. The Morgan fingerprint density at radius 2 is 2.18 bits per heavy atom. The van der Waals surface area contributed by atoms with E-state index in [1.54, 1.807) is 0 Å². The van der Waals surface area contributed by atoms with Gasteiger partial charge >= 0.3 is 5.97 Å². The van der Waals surface area contributed by atoms with E-state index in [9.17, 15) is 4.79 Å². The zero-order valence-electron chi connectivity index (χ0n) is 7.46. The van der Waals surface area contributed by atoms with Crippen LogP contribution in [0.4, 0.5) is 0 Å². The van der Waals surface area contributed by atoms with Crippen LogP contribution in [0.25, 0.3) is 0 Å². The van der Waals surface area contributed by atoms with Gasteiger partial charge in [-0.25, -0.2) is 0 Å². The lowest BCUT2D eigenvalue weighted by molar-refractivity contribution is -0.143. The van der Waals surface area contributed by atoms with Crippen LogP contribution in [0.15, 0.2) is 0 Å². The third-order valence-electron chi connectivity index (χ3n) is 1.83. The predicted octanol–water partition coefficient (Wildman–Crippen LogP) is 0.923. The maximum absolute atomic E-state index is 10.9. The first-order valence-electron chi connectivity index (χ1n) is 3.96. The molecular formula is C8H17NO2. The van der Waals surface area contributed by atoms with Gasteiger partial charge in [-0.05, 0) is 12.3 Å². The van der Waals surface area contributed by atoms with Gasteiger partial charge in [0, 0.05) is 0 Å². The van der Waals surface area contributed by atoms with E-state index in [2.05, 4.69) is 11.7 Å². The van der Waals surface area contributed by atoms with Crippen molar-refractivity contribution in [1.29, 1.82) is 0 Å². The van der Waals surface area contributed by atoms with E-state index in [0.717, 1.165) is 12.8 Å². The van der Waals surface area contributed by atoms with Crippen molar-refractivity contribution >= 4 is 5.97 Å². The van der Waals surface area contributed by atoms with Crippen LogP contribution in [-0.4, -0.2) is 19.1 Å². The van der Waals surface area contributed by atoms with Crippen LogP contribution in [0.2, 0.25) is 0 Å². The zero-order valence-corrected chi connectivity index (χ0v) is 7.46. The zero-order chi connectivity index (χ0) is 8.85. The molecule has 0 radical (unpaired) electrons. The summed E-state index contributed by atoms with van der Waals surface area (Å²) in [5, 5.41) is 0. The molecule has 3 heteroatoms. The van der Waals surface area contributed by atoms with Gasteiger partial charge in [0.05, 0.1) is 7.11 Å². The Morgan fingerprint density at radius 3 is 2.55 bits per heavy atom. The second-order valence-electron chi connectivity index (χ2n) is 2.81. The molecule has 2 N–H and O–H groups in total. The second kappa shape index (κ2) is 5.13. The molecule has 0 aromatic carbocycles. The number of carbonyl (C=O) groups is 1. The smallest absolute Gasteiger partial charge is 0.322 e. The number of ether oxygens (including phenoxy) is 1. The number of rotatable bonds is 4. The van der Waals surface area contributed by atoms with Gasteiger partial charge in [0.15, 0.2) is 0 Å². The first kappa shape index (κ1) is 10.4. The minimum Gasteiger partial charge on any atom is -0.468 e. The van der Waals surface area contributed by atoms with Gasteiger partial charge in [-0.3, -0.25) is 4.79 Å². The summed E-state index contributed by atoms with van der Waals surface area (Å²) in [7, 11) is 1.36. The molecule has 0 saturated heterocycles. The highest BCUT2D eigenvalue weighted by atomic mass is 16.5. The molecule has 0 saturated carbocycles. The summed E-state index contributed by atoms with van der Waals surface area (Å²) in [6, 6.07) is -0.458. The molecule has 0 rings (SSSR count). The molecule has 3 nitrogen and oxygen atoms in total. The third kappa shape index (κ3) is 3.37. The van der Waals surface area contributed by atoms with E-state index < -0.39 is 6.04 Å². The number of esters is 1. The van der Waals surface area contributed by atoms with Gasteiger partial charge in [-0.1, -0.05) is 20.3 Å². The maximum Gasteiger partial charge on any atom is 0.322 e. The molecule has 0 fully saturated rings. The molecule has 0 aliphatic rings. The Hall–Kier alpha value is -0.570. The van der Waals surface area contributed by atoms with Crippen molar-refractivity contribution in [3.8, 4) is 0 Å². The van der Waals surface area contributed by atoms with Crippen LogP contribution >= 0.6 is 0 Å². The Bertz CT molecular complexity index is 125. The number of hydrogen-bond donors (Lipinski definition) is 1. The summed E-state index contributed by atoms with van der Waals surface area (Å²) in [5.41, 5.74) is 5.58. The number of methoxy groups -OCH3 is 1. The van der Waals surface area contributed by atoms with Crippen molar-refractivity contribution in [3.63, 3.8) is 0 Å². The first-order valence-corrected chi connectivity index (χ1v) is 3.96. The lowest BCUT2D eigenvalue weighted by Gasteiger charge is -2.16. The van der Waals surface area contributed by atoms with Crippen molar-refractivity contribution in [2.45, 2.75) is 32.7 Å². The van der Waals surface area contributed by atoms with Crippen LogP contribution in [0.3, 0.4) is 0 Å². The normalized spacial score (nSPS) is 15.6. The van der Waals surface area contributed by atoms with Crippen molar-refractivity contribution < 1.29 is 9.53 Å². The van der Waals surface area contributed by atoms with Crippen LogP contribution in [0, 0.1) is 5.92 Å². The standard InChI is InChI=1S/C8H17NO2/c1-4-5-6(2)7(9)8(10)11-3/h6-7H,4-5,9H2,1-3H3/t6-,7-/m1/s1. The number of carbonyl (C=O) groups excluding carboxylic acids is 1. The van der Waals surface area contributed by atoms with E-state index >= 15 is 0 Å². The molecule has 0 spiro atoms. The van der Waals surface area contributed by atoms with E-state index in [1.165, 1.54) is 7.11 Å². The summed E-state index contributed by atoms with van der Waals surface area (Å²) in [6.45, 7) is 4.03. The molecule has 0 amide bonds. The Kier molecular flexibility index (Phi) is 4.86. The van der Waals surface area contributed by atoms with Gasteiger partial charge < -0.3 is 10.5 Å². The fourth-order valence-corrected chi connectivity index (χ4v) is 1.00. The van der Waals surface area contributed by atoms with Crippen molar-refractivity contribution in [2.75, 3.05) is 7.11 Å². The molecule has 0 aromatic heterocycles. The number of hydrogen-bond acceptors (Lipinski definition) is 3. The fourth-order valence-electron chi connectivity index (χ4n) is 1.00. The SMILES string of the molecule is CCC[C@@H](C)[C@@H](N)C(=O)OC. The molecule has 0 heterocycles. The highest BCUT2D eigenvalue weighted by Gasteiger charge is 2.19. The molecule has 0 aliphatic heterocycles. The minimum atomic E-state index is -0.458. The topological polar surface area (TPSA) is 52.3 Å². The third-order valence-corrected chi connectivity index (χ3v) is 1.83. The van der Waals surface area contributed by atoms with Crippen LogP contribution in [0.5, 0.6) is 0 Å². The van der Waals surface area contributed by atoms with Crippen molar-refractivity contribution in [2.24, 2.45) is 11.7 Å². The van der Waals surface area contributed by atoms with Crippen LogP contribution in [0.1, 0.15) is 26.7 Å². The Balaban J connectivity index is 3.80. The highest BCUT2D eigenvalue weighted by Crippen LogP contribution is 2.09. The number of nitrogens with two attached hydrogens (primary N) is 1. The van der Waals surface area contributed by atoms with Crippen molar-refractivity contribution in [3.05, 3.63) is 0 Å². The predicted molar refractivity (Wildman–Crippen MR) is 44.1 cm³/mol. The average Bonchev–Trinajstić information content (AvgIpc) is 2.02. The lowest BCUT2D eigenvalue weighted by Crippen LogP contribution is -2.37. The molecule has 11 heavy (non-hydrogen) atoms. The second-order valence-corrected chi connectivity index (χ2v) is 2.81. The van der Waals surface area contributed by atoms with Crippen LogP contribution < -0.4 is 5.73 Å². The maximum atomic E-state index is 10.9. The fraction of sp³-hybridized carbons (Fsp3) is 0.875. The lowest BCUT2D eigenvalue weighted by atomic mass is 9.98. The van der Waals surface area contributed by atoms with E-state index in [4.69, 9.17) is 5.73 Å². The van der Waals surface area contributed by atoms with Crippen LogP contribution in [-0.2, 0) is 9.53 Å². The Morgan fingerprint density at radius 1 is 1.64 bits per heavy atom. The van der Waals surface area contributed by atoms with E-state index in [-0.39, 0.29) is 11.9 Å². The van der Waals surface area contributed by atoms with Crippen molar-refractivity contribution in [1.82, 2.24) is 0 Å². The monoisotopic (exact) mass is 159 g/mol. The molecule has 66 valence electrons. The van der Waals surface area contributed by atoms with Gasteiger partial charge in [0.1, 0.15) is 6.04 Å². The molecule has 0 aromatic rings. The largest absolute Gasteiger partial charge is 0.468 e. The molecule has 0 unspecified atom stereocenters. The average molecular weight is 159 g/mol. The summed E-state index contributed by atoms with van der Waals surface area (Å²) < 4.78 is 4.52. The minimum absolute atomic E-state index is 0.215. The molecular weight excluding hydrogens is 142 g/mol. The van der Waals surface area contributed by atoms with Gasteiger partial charge in [0.25, 0.3) is 0 Å². The highest BCUT2D eigenvalue weighted by molar-refractivity contribution is 5.75. The first-order chi connectivity index (χ1) is 5.13. The molecule has 0 aliphatic carbocycles. The van der Waals surface area contributed by atoms with E-state index in [1.807, 2.05) is 6.92 Å². The van der Waals surface area contributed by atoms with Gasteiger partial charge in [-0.15, -0.1) is 0 Å². The summed E-state index contributed by atoms with van der Waals surface area (Å²) in [5.74, 6) is -0.0987. The quantitative estimate of drug-likeness (QED) is 0.621. The van der Waals surface area contributed by atoms with Gasteiger partial charge in [-0.2, -0.15) is 0 Å². The Labute approximate surface area is 67.9 Å². The van der Waals surface area contributed by atoms with E-state index in [0.29, 0.717) is 0 Å². The summed E-state index contributed by atoms with van der Waals surface area (Å²) in [6.07, 6.45) is 2.02. The van der Waals surface area contributed by atoms with Gasteiger partial charge in [0.2, 0.25) is 0 Å².